The number of nitrogens with one attached hydrogen (secondary N) is 3. The van der Waals surface area contributed by atoms with E-state index in [4.69, 9.17) is 4.74 Å². The monoisotopic (exact) mass is 458 g/mol. The van der Waals surface area contributed by atoms with Crippen molar-refractivity contribution in [1.29, 1.82) is 0 Å². The Labute approximate surface area is 152 Å². The predicted molar refractivity (Wildman–Crippen MR) is 95.5 cm³/mol. The van der Waals surface area contributed by atoms with Gasteiger partial charge in [0, 0.05) is 6.07 Å². The normalized spacial score (nSPS) is 10.8. The van der Waals surface area contributed by atoms with Crippen molar-refractivity contribution in [3.8, 4) is 5.75 Å². The molecular weight excluding hydrogens is 448 g/mol. The summed E-state index contributed by atoms with van der Waals surface area (Å²) in [5.74, 6) is -0.00327. The highest BCUT2D eigenvalue weighted by Crippen LogP contribution is 2.34. The van der Waals surface area contributed by atoms with Gasteiger partial charge in [0.2, 0.25) is 0 Å². The first-order valence-corrected chi connectivity index (χ1v) is 8.18. The van der Waals surface area contributed by atoms with Gasteiger partial charge in [-0.1, -0.05) is 0 Å². The average molecular weight is 460 g/mol. The number of benzene rings is 1. The van der Waals surface area contributed by atoms with Crippen LogP contribution in [0.15, 0.2) is 41.8 Å². The fourth-order valence-corrected chi connectivity index (χ4v) is 3.37. The van der Waals surface area contributed by atoms with Crippen LogP contribution in [0.1, 0.15) is 11.3 Å². The molecule has 0 radical (unpaired) electrons. The summed E-state index contributed by atoms with van der Waals surface area (Å²) in [6.45, 7) is 1.67. The van der Waals surface area contributed by atoms with Crippen molar-refractivity contribution in [3.63, 3.8) is 0 Å². The first-order valence-electron chi connectivity index (χ1n) is 6.59. The maximum Gasteiger partial charge on any atom is 0.326 e. The molecule has 0 aliphatic heterocycles. The lowest BCUT2D eigenvalue weighted by molar-refractivity contribution is -0.123. The quantitative estimate of drug-likeness (QED) is 0.463. The zero-order chi connectivity index (χ0) is 17.7. The molecule has 2 aromatic rings. The number of hydrogen-bond donors (Lipinski definition) is 3. The molecule has 0 aliphatic rings. The predicted octanol–water partition coefficient (Wildman–Crippen LogP) is 1.43. The second-order valence-corrected chi connectivity index (χ2v) is 6.39. The molecule has 126 valence electrons. The van der Waals surface area contributed by atoms with Crippen molar-refractivity contribution in [2.45, 2.75) is 6.92 Å². The molecule has 1 amide bonds. The number of aromatic amines is 2. The van der Waals surface area contributed by atoms with Crippen LogP contribution in [0.5, 0.6) is 5.75 Å². The van der Waals surface area contributed by atoms with Crippen LogP contribution in [0.3, 0.4) is 0 Å². The van der Waals surface area contributed by atoms with Gasteiger partial charge in [-0.2, -0.15) is 5.10 Å². The molecule has 1 aromatic heterocycles. The van der Waals surface area contributed by atoms with Crippen LogP contribution in [0.2, 0.25) is 0 Å². The van der Waals surface area contributed by atoms with Gasteiger partial charge in [-0.25, -0.2) is 10.2 Å². The second kappa shape index (κ2) is 8.06. The van der Waals surface area contributed by atoms with E-state index in [0.29, 0.717) is 14.7 Å². The van der Waals surface area contributed by atoms with E-state index in [1.165, 1.54) is 0 Å². The largest absolute Gasteiger partial charge is 0.481 e. The molecule has 0 saturated heterocycles. The van der Waals surface area contributed by atoms with Crippen LogP contribution in [0.25, 0.3) is 0 Å². The van der Waals surface area contributed by atoms with Gasteiger partial charge >= 0.3 is 5.69 Å². The number of carbonyl (C=O) groups excluding carboxylic acids is 1. The minimum absolute atomic E-state index is 0.161. The van der Waals surface area contributed by atoms with Crippen molar-refractivity contribution in [1.82, 2.24) is 15.4 Å². The number of carbonyl (C=O) groups is 1. The van der Waals surface area contributed by atoms with Gasteiger partial charge in [0.25, 0.3) is 11.5 Å². The topological polar surface area (TPSA) is 116 Å². The first-order chi connectivity index (χ1) is 11.3. The van der Waals surface area contributed by atoms with Crippen LogP contribution in [-0.4, -0.2) is 28.7 Å². The third-order valence-electron chi connectivity index (χ3n) is 2.66. The fraction of sp³-hybridized carbons (Fsp3) is 0.143. The molecule has 0 saturated carbocycles. The summed E-state index contributed by atoms with van der Waals surface area (Å²) in [6.07, 6.45) is 1.15. The average Bonchev–Trinajstić information content (AvgIpc) is 2.45. The van der Waals surface area contributed by atoms with Gasteiger partial charge in [-0.05, 0) is 56.5 Å². The van der Waals surface area contributed by atoms with Gasteiger partial charge in [0.15, 0.2) is 6.61 Å². The molecule has 0 spiro atoms. The third-order valence-corrected chi connectivity index (χ3v) is 3.84. The van der Waals surface area contributed by atoms with Crippen molar-refractivity contribution < 1.29 is 9.53 Å². The van der Waals surface area contributed by atoms with Crippen LogP contribution in [0.4, 0.5) is 0 Å². The van der Waals surface area contributed by atoms with E-state index in [0.717, 1.165) is 17.8 Å². The van der Waals surface area contributed by atoms with Gasteiger partial charge in [0.05, 0.1) is 20.9 Å². The third kappa shape index (κ3) is 5.17. The highest BCUT2D eigenvalue weighted by atomic mass is 79.9. The molecule has 1 aromatic carbocycles. The molecule has 2 rings (SSSR count). The van der Waals surface area contributed by atoms with E-state index in [2.05, 4.69) is 47.4 Å². The fourth-order valence-electron chi connectivity index (χ4n) is 1.73. The number of aromatic nitrogens is 2. The van der Waals surface area contributed by atoms with Crippen LogP contribution in [-0.2, 0) is 4.79 Å². The maximum absolute atomic E-state index is 11.7. The van der Waals surface area contributed by atoms with Gasteiger partial charge < -0.3 is 9.72 Å². The summed E-state index contributed by atoms with van der Waals surface area (Å²) < 4.78 is 6.86. The first kappa shape index (κ1) is 18.1. The number of aryl methyl sites for hydroxylation is 1. The highest BCUT2D eigenvalue weighted by molar-refractivity contribution is 9.11. The molecule has 0 fully saturated rings. The molecule has 24 heavy (non-hydrogen) atoms. The lowest BCUT2D eigenvalue weighted by Crippen LogP contribution is -2.26. The Kier molecular flexibility index (Phi) is 6.10. The number of nitrogens with zero attached hydrogens (tertiary/aromatic N) is 1. The van der Waals surface area contributed by atoms with Crippen LogP contribution >= 0.6 is 31.9 Å². The number of hydrogen-bond acceptors (Lipinski definition) is 5. The standard InChI is InChI=1S/C14H12Br2N4O4/c1-7-2-9(15)13(10(16)3-7)24-6-12(22)20-17-5-8-4-11(21)19-14(23)18-8/h2-5H,6H2,1H3,(H,20,22)(H2,18,19,21,23)/b17-5+. The van der Waals surface area contributed by atoms with Crippen molar-refractivity contribution in [2.24, 2.45) is 5.10 Å². The zero-order valence-electron chi connectivity index (χ0n) is 12.4. The minimum atomic E-state index is -0.660. The Morgan fingerprint density at radius 3 is 2.54 bits per heavy atom. The molecule has 10 heteroatoms. The maximum atomic E-state index is 11.7. The molecule has 1 heterocycles. The molecule has 0 bridgehead atoms. The SMILES string of the molecule is Cc1cc(Br)c(OCC(=O)N/N=C/c2cc(=O)[nH]c(=O)[nH]2)c(Br)c1. The van der Waals surface area contributed by atoms with E-state index in [-0.39, 0.29) is 12.3 Å². The summed E-state index contributed by atoms with van der Waals surface area (Å²) in [7, 11) is 0. The Bertz CT molecular complexity index is 853. The lowest BCUT2D eigenvalue weighted by Gasteiger charge is -2.10. The van der Waals surface area contributed by atoms with E-state index in [9.17, 15) is 14.4 Å². The zero-order valence-corrected chi connectivity index (χ0v) is 15.5. The molecule has 0 unspecified atom stereocenters. The van der Waals surface area contributed by atoms with Gasteiger partial charge in [-0.3, -0.25) is 14.6 Å². The van der Waals surface area contributed by atoms with E-state index >= 15 is 0 Å². The molecule has 0 atom stereocenters. The van der Waals surface area contributed by atoms with Crippen molar-refractivity contribution in [3.05, 3.63) is 59.2 Å². The van der Waals surface area contributed by atoms with E-state index in [1.54, 1.807) is 0 Å². The number of H-pyrrole nitrogens is 2. The number of halogens is 2. The minimum Gasteiger partial charge on any atom is -0.481 e. The van der Waals surface area contributed by atoms with Crippen molar-refractivity contribution in [2.75, 3.05) is 6.61 Å². The van der Waals surface area contributed by atoms with E-state index < -0.39 is 17.2 Å². The summed E-state index contributed by atoms with van der Waals surface area (Å²) in [6, 6.07) is 4.85. The van der Waals surface area contributed by atoms with Gasteiger partial charge in [-0.15, -0.1) is 0 Å². The number of rotatable bonds is 5. The molecule has 8 nitrogen and oxygen atoms in total. The summed E-state index contributed by atoms with van der Waals surface area (Å²) in [5, 5.41) is 3.64. The van der Waals surface area contributed by atoms with E-state index in [1.807, 2.05) is 24.0 Å². The van der Waals surface area contributed by atoms with Crippen LogP contribution in [0, 0.1) is 6.92 Å². The smallest absolute Gasteiger partial charge is 0.326 e. The summed E-state index contributed by atoms with van der Waals surface area (Å²) in [4.78, 5) is 38.2. The number of ether oxygens (including phenoxy) is 1. The summed E-state index contributed by atoms with van der Waals surface area (Å²) >= 11 is 6.72. The number of hydrazone groups is 1. The summed E-state index contributed by atoms with van der Waals surface area (Å²) in [5.41, 5.74) is 2.20. The lowest BCUT2D eigenvalue weighted by atomic mass is 10.2. The number of amides is 1. The van der Waals surface area contributed by atoms with Gasteiger partial charge in [0.1, 0.15) is 5.75 Å². The molecular formula is C14H12Br2N4O4. The Hall–Kier alpha value is -2.20. The Morgan fingerprint density at radius 2 is 1.92 bits per heavy atom. The van der Waals surface area contributed by atoms with Crippen molar-refractivity contribution >= 4 is 44.0 Å². The second-order valence-electron chi connectivity index (χ2n) is 4.68. The highest BCUT2D eigenvalue weighted by Gasteiger charge is 2.09. The molecule has 3 N–H and O–H groups in total. The Morgan fingerprint density at radius 1 is 1.25 bits per heavy atom. The molecule has 0 aliphatic carbocycles. The Balaban J connectivity index is 1.93. The van der Waals surface area contributed by atoms with Crippen LogP contribution < -0.4 is 21.4 Å².